The Bertz CT molecular complexity index is 27.5. The fraction of sp³-hybridized carbons (Fsp3) is 0. The quantitative estimate of drug-likeness (QED) is 0.433. The van der Waals surface area contributed by atoms with Crippen LogP contribution in [0.1, 0.15) is 0 Å². The summed E-state index contributed by atoms with van der Waals surface area (Å²) >= 11 is 0. The van der Waals surface area contributed by atoms with Crippen LogP contribution in [0.25, 0.3) is 0 Å². The number of hydrogen-bond donors (Lipinski definition) is 0. The van der Waals surface area contributed by atoms with Crippen LogP contribution in [0, 0.1) is 7.43 Å². The Balaban J connectivity index is -0.00000000500. The third kappa shape index (κ3) is 430. The van der Waals surface area contributed by atoms with E-state index in [0.717, 1.165) is 0 Å². The van der Waals surface area contributed by atoms with Crippen molar-refractivity contribution in [3.8, 4) is 0 Å². The summed E-state index contributed by atoms with van der Waals surface area (Å²) in [6.07, 6.45) is 0. The molecule has 0 unspecified atom stereocenters. The molecule has 0 aromatic rings. The molecule has 0 aliphatic heterocycles. The van der Waals surface area contributed by atoms with Gasteiger partial charge in [-0.3, -0.25) is 24.0 Å². The van der Waals surface area contributed by atoms with Crippen molar-refractivity contribution in [2.24, 2.45) is 0 Å². The molecule has 0 saturated heterocycles. The zero-order valence-electron chi connectivity index (χ0n) is 5.39. The topological polar surface area (TPSA) is 85.3 Å². The van der Waals surface area contributed by atoms with Crippen LogP contribution >= 0.6 is 0 Å². The monoisotopic (exact) mass is 208 g/mol. The maximum atomic E-state index is 7.50. The van der Waals surface area contributed by atoms with E-state index in [1.165, 1.54) is 0 Å². The molecule has 0 rings (SSSR count). The van der Waals surface area contributed by atoms with E-state index in [-0.39, 0.29) is 24.5 Å². The van der Waals surface area contributed by atoms with Gasteiger partial charge < -0.3 is 0 Å². The summed E-state index contributed by atoms with van der Waals surface area (Å²) in [5.41, 5.74) is 0. The molecule has 0 spiro atoms. The summed E-state index contributed by atoms with van der Waals surface area (Å²) in [7, 11) is 0. The average Bonchev–Trinajstić information content (AvgIpc) is 2.20. The van der Waals surface area contributed by atoms with Gasteiger partial charge in [-0.2, -0.15) is 0 Å². The number of hydrogen-bond acceptors (Lipinski definition) is 5. The van der Waals surface area contributed by atoms with E-state index >= 15 is 0 Å². The third-order valence-corrected chi connectivity index (χ3v) is 0. The van der Waals surface area contributed by atoms with Crippen LogP contribution in [0.3, 0.4) is 0 Å². The van der Waals surface area contributed by atoms with E-state index < -0.39 is 0 Å². The van der Waals surface area contributed by atoms with E-state index in [2.05, 4.69) is 33.9 Å². The van der Waals surface area contributed by atoms with Crippen molar-refractivity contribution in [3.63, 3.8) is 0 Å². The van der Waals surface area contributed by atoms with Crippen molar-refractivity contribution in [2.75, 3.05) is 0 Å². The minimum Gasteiger partial charge on any atom is -0.281 e. The summed E-state index contributed by atoms with van der Waals surface area (Å²) in [5.74, 6) is 0. The first-order valence-corrected chi connectivity index (χ1v) is 1.02. The minimum atomic E-state index is 0. The maximum Gasteiger partial charge on any atom is 0.281 e. The molecular formula is C6FeO5. The predicted molar refractivity (Wildman–Crippen MR) is 31.7 cm³/mol. The van der Waals surface area contributed by atoms with Gasteiger partial charge in [0.05, 0.1) is 0 Å². The van der Waals surface area contributed by atoms with Gasteiger partial charge >= 0.3 is 0 Å². The first-order chi connectivity index (χ1) is 5.00. The van der Waals surface area contributed by atoms with Crippen LogP contribution in [-0.4, -0.2) is 33.9 Å². The van der Waals surface area contributed by atoms with Crippen molar-refractivity contribution in [1.82, 2.24) is 0 Å². The van der Waals surface area contributed by atoms with E-state index in [1.807, 2.05) is 0 Å². The SMILES string of the molecule is [C].[C]=O.[C]=O.[C]=O.[C]=O.[C]=O.[Fe]. The van der Waals surface area contributed by atoms with Gasteiger partial charge in [0.1, 0.15) is 0 Å². The van der Waals surface area contributed by atoms with Gasteiger partial charge in [-0.05, 0) is 0 Å². The average molecular weight is 208 g/mol. The standard InChI is InChI=1S/5CO.C.Fe/c5*1-2;;. The van der Waals surface area contributed by atoms with Crippen molar-refractivity contribution < 1.29 is 41.0 Å². The molecule has 14 radical (unpaired) electrons. The summed E-state index contributed by atoms with van der Waals surface area (Å²) in [5, 5.41) is 0. The van der Waals surface area contributed by atoms with Gasteiger partial charge in [-0.1, -0.05) is 0 Å². The molecule has 62 valence electrons. The molecule has 0 bridgehead atoms. The van der Waals surface area contributed by atoms with Gasteiger partial charge in [0.2, 0.25) is 0 Å². The normalized spacial score (nSPS) is 1.67. The Morgan fingerprint density at radius 1 is 0.417 bits per heavy atom. The Morgan fingerprint density at radius 2 is 0.417 bits per heavy atom. The first-order valence-electron chi connectivity index (χ1n) is 1.02. The number of rotatable bonds is 0. The van der Waals surface area contributed by atoms with E-state index in [9.17, 15) is 0 Å². The third-order valence-electron chi connectivity index (χ3n) is 0. The Morgan fingerprint density at radius 3 is 0.417 bits per heavy atom. The van der Waals surface area contributed by atoms with E-state index in [0.29, 0.717) is 0 Å². The molecule has 6 heteroatoms. The zero-order valence-corrected chi connectivity index (χ0v) is 6.50. The Labute approximate surface area is 83.0 Å². The number of carbonyl (C=O) groups excluding carboxylic acids is 5. The molecule has 5 nitrogen and oxygen atoms in total. The largest absolute Gasteiger partial charge is 0.281 e. The van der Waals surface area contributed by atoms with E-state index in [4.69, 9.17) is 24.0 Å². The molecule has 0 aromatic heterocycles. The molecule has 0 fully saturated rings. The van der Waals surface area contributed by atoms with Crippen LogP contribution in [0.15, 0.2) is 0 Å². The Kier molecular flexibility index (Phi) is 3580. The van der Waals surface area contributed by atoms with Crippen LogP contribution in [0.2, 0.25) is 0 Å². The Hall–Kier alpha value is -1.13. The molecule has 0 N–H and O–H groups in total. The molecule has 0 aliphatic carbocycles. The summed E-state index contributed by atoms with van der Waals surface area (Å²) in [4.78, 5) is 37.5. The van der Waals surface area contributed by atoms with Gasteiger partial charge in [0.25, 0.3) is 33.9 Å². The van der Waals surface area contributed by atoms with Crippen LogP contribution < -0.4 is 0 Å². The van der Waals surface area contributed by atoms with Gasteiger partial charge in [0.15, 0.2) is 0 Å². The smallest absolute Gasteiger partial charge is 0.281 e. The van der Waals surface area contributed by atoms with Crippen LogP contribution in [0.5, 0.6) is 0 Å². The first kappa shape index (κ1) is 70.7. The van der Waals surface area contributed by atoms with Crippen molar-refractivity contribution in [1.29, 1.82) is 0 Å². The van der Waals surface area contributed by atoms with Crippen LogP contribution in [0.4, 0.5) is 0 Å². The molecule has 0 aromatic carbocycles. The maximum absolute atomic E-state index is 7.50. The molecule has 0 amide bonds. The predicted octanol–water partition coefficient (Wildman–Crippen LogP) is -1.91. The van der Waals surface area contributed by atoms with E-state index in [1.54, 1.807) is 0 Å². The summed E-state index contributed by atoms with van der Waals surface area (Å²) < 4.78 is 0. The van der Waals surface area contributed by atoms with Crippen LogP contribution in [-0.2, 0) is 41.0 Å². The van der Waals surface area contributed by atoms with Gasteiger partial charge in [0, 0.05) is 24.5 Å². The molecular weight excluding hydrogens is 208 g/mol. The van der Waals surface area contributed by atoms with Crippen molar-refractivity contribution in [2.45, 2.75) is 0 Å². The molecule has 0 atom stereocenters. The molecule has 0 saturated carbocycles. The van der Waals surface area contributed by atoms with Crippen molar-refractivity contribution >= 4 is 33.9 Å². The molecule has 0 heterocycles. The summed E-state index contributed by atoms with van der Waals surface area (Å²) in [6, 6.07) is 0. The van der Waals surface area contributed by atoms with Crippen molar-refractivity contribution in [3.05, 3.63) is 7.43 Å². The molecule has 12 heavy (non-hydrogen) atoms. The second-order valence-electron chi connectivity index (χ2n) is 0. The summed E-state index contributed by atoms with van der Waals surface area (Å²) in [6.45, 7) is 22.5. The fourth-order valence-electron chi connectivity index (χ4n) is 0. The minimum absolute atomic E-state index is 0. The fourth-order valence-corrected chi connectivity index (χ4v) is 0. The van der Waals surface area contributed by atoms with Gasteiger partial charge in [-0.25, -0.2) is 0 Å². The molecule has 0 aliphatic rings. The zero-order chi connectivity index (χ0) is 10.0. The second-order valence-corrected chi connectivity index (χ2v) is 0. The van der Waals surface area contributed by atoms with Gasteiger partial charge in [-0.15, -0.1) is 0 Å². The second kappa shape index (κ2) is 607.